The van der Waals surface area contributed by atoms with Gasteiger partial charge in [-0.25, -0.2) is 4.98 Å². The summed E-state index contributed by atoms with van der Waals surface area (Å²) in [6, 6.07) is 13.2. The van der Waals surface area contributed by atoms with E-state index < -0.39 is 0 Å². The van der Waals surface area contributed by atoms with Gasteiger partial charge in [0, 0.05) is 36.0 Å². The number of carbonyl (C=O) groups is 1. The molecule has 2 unspecified atom stereocenters. The van der Waals surface area contributed by atoms with Crippen molar-refractivity contribution in [3.05, 3.63) is 48.7 Å². The summed E-state index contributed by atoms with van der Waals surface area (Å²) in [4.78, 5) is 16.9. The molecule has 0 saturated heterocycles. The fourth-order valence-corrected chi connectivity index (χ4v) is 4.41. The molecule has 0 spiro atoms. The first-order valence-electron chi connectivity index (χ1n) is 9.44. The molecule has 1 aromatic heterocycles. The average Bonchev–Trinajstić information content (AvgIpc) is 2.62. The molecular weight excluding hydrogens is 326 g/mol. The largest absolute Gasteiger partial charge is 0.439 e. The Morgan fingerprint density at radius 3 is 2.65 bits per heavy atom. The van der Waals surface area contributed by atoms with Gasteiger partial charge in [-0.3, -0.25) is 4.79 Å². The van der Waals surface area contributed by atoms with Gasteiger partial charge in [0.25, 0.3) is 0 Å². The molecule has 2 bridgehead atoms. The Morgan fingerprint density at radius 2 is 1.92 bits per heavy atom. The molecular formula is C21H25N3O2. The molecule has 2 fully saturated rings. The molecule has 4 rings (SSSR count). The summed E-state index contributed by atoms with van der Waals surface area (Å²) >= 11 is 0. The predicted octanol–water partition coefficient (Wildman–Crippen LogP) is 3.97. The van der Waals surface area contributed by atoms with Gasteiger partial charge in [-0.2, -0.15) is 0 Å². The van der Waals surface area contributed by atoms with Crippen molar-refractivity contribution in [1.29, 1.82) is 0 Å². The van der Waals surface area contributed by atoms with Crippen molar-refractivity contribution < 1.29 is 9.53 Å². The highest BCUT2D eigenvalue weighted by molar-refractivity contribution is 5.92. The number of benzene rings is 1. The van der Waals surface area contributed by atoms with Crippen molar-refractivity contribution in [3.63, 3.8) is 0 Å². The number of nitrogens with one attached hydrogen (secondary N) is 1. The van der Waals surface area contributed by atoms with Crippen LogP contribution in [0.5, 0.6) is 11.6 Å². The normalized spacial score (nSPS) is 27.6. The lowest BCUT2D eigenvalue weighted by Crippen LogP contribution is -2.48. The summed E-state index contributed by atoms with van der Waals surface area (Å²) in [5, 5.41) is 3.06. The van der Waals surface area contributed by atoms with Gasteiger partial charge in [0.2, 0.25) is 11.8 Å². The smallest absolute Gasteiger partial charge is 0.227 e. The highest BCUT2D eigenvalue weighted by Crippen LogP contribution is 2.42. The van der Waals surface area contributed by atoms with Crippen LogP contribution in [0, 0.1) is 17.8 Å². The van der Waals surface area contributed by atoms with Crippen LogP contribution in [-0.4, -0.2) is 16.9 Å². The quantitative estimate of drug-likeness (QED) is 0.874. The first-order chi connectivity index (χ1) is 12.7. The number of aromatic nitrogens is 1. The molecule has 1 amide bonds. The molecule has 1 heterocycles. The summed E-state index contributed by atoms with van der Waals surface area (Å²) < 4.78 is 5.74. The maximum absolute atomic E-state index is 12.8. The summed E-state index contributed by atoms with van der Waals surface area (Å²) in [6.07, 6.45) is 7.08. The zero-order chi connectivity index (χ0) is 17.9. The Balaban J connectivity index is 1.41. The van der Waals surface area contributed by atoms with Crippen LogP contribution in [-0.2, 0) is 4.79 Å². The third kappa shape index (κ3) is 3.73. The van der Waals surface area contributed by atoms with E-state index in [1.165, 1.54) is 6.42 Å². The second kappa shape index (κ2) is 7.46. The van der Waals surface area contributed by atoms with E-state index in [1.807, 2.05) is 36.4 Å². The summed E-state index contributed by atoms with van der Waals surface area (Å²) in [7, 11) is 0. The lowest BCUT2D eigenvalue weighted by atomic mass is 9.65. The first kappa shape index (κ1) is 17.0. The van der Waals surface area contributed by atoms with Gasteiger partial charge >= 0.3 is 0 Å². The van der Waals surface area contributed by atoms with E-state index in [9.17, 15) is 4.79 Å². The SMILES string of the molecule is NC1C2CCCC1CC(C(=O)Nc1cccc(Oc3ccccn3)c1)C2. The molecule has 1 aromatic carbocycles. The second-order valence-corrected chi connectivity index (χ2v) is 7.48. The van der Waals surface area contributed by atoms with Crippen molar-refractivity contribution in [1.82, 2.24) is 4.98 Å². The van der Waals surface area contributed by atoms with Crippen LogP contribution in [0.15, 0.2) is 48.7 Å². The number of hydrogen-bond donors (Lipinski definition) is 2. The highest BCUT2D eigenvalue weighted by Gasteiger charge is 2.40. The van der Waals surface area contributed by atoms with Crippen molar-refractivity contribution in [2.75, 3.05) is 5.32 Å². The van der Waals surface area contributed by atoms with E-state index in [-0.39, 0.29) is 17.9 Å². The second-order valence-electron chi connectivity index (χ2n) is 7.48. The van der Waals surface area contributed by atoms with Gasteiger partial charge in [0.1, 0.15) is 5.75 Å². The van der Waals surface area contributed by atoms with Gasteiger partial charge in [0.15, 0.2) is 0 Å². The molecule has 136 valence electrons. The third-order valence-electron chi connectivity index (χ3n) is 5.75. The van der Waals surface area contributed by atoms with Crippen molar-refractivity contribution in [2.24, 2.45) is 23.5 Å². The lowest BCUT2D eigenvalue weighted by molar-refractivity contribution is -0.122. The topological polar surface area (TPSA) is 77.2 Å². The number of ether oxygens (including phenoxy) is 1. The highest BCUT2D eigenvalue weighted by atomic mass is 16.5. The molecule has 2 aliphatic carbocycles. The first-order valence-corrected chi connectivity index (χ1v) is 9.44. The maximum Gasteiger partial charge on any atom is 0.227 e. The fourth-order valence-electron chi connectivity index (χ4n) is 4.41. The zero-order valence-electron chi connectivity index (χ0n) is 14.8. The Kier molecular flexibility index (Phi) is 4.89. The van der Waals surface area contributed by atoms with E-state index in [0.717, 1.165) is 31.4 Å². The van der Waals surface area contributed by atoms with Crippen LogP contribution in [0.2, 0.25) is 0 Å². The average molecular weight is 351 g/mol. The summed E-state index contributed by atoms with van der Waals surface area (Å²) in [6.45, 7) is 0. The van der Waals surface area contributed by atoms with E-state index in [0.29, 0.717) is 23.5 Å². The van der Waals surface area contributed by atoms with Crippen LogP contribution in [0.3, 0.4) is 0 Å². The number of anilines is 1. The molecule has 0 aliphatic heterocycles. The third-order valence-corrected chi connectivity index (χ3v) is 5.75. The number of pyridine rings is 1. The molecule has 3 N–H and O–H groups in total. The van der Waals surface area contributed by atoms with E-state index in [1.54, 1.807) is 12.3 Å². The monoisotopic (exact) mass is 351 g/mol. The molecule has 0 radical (unpaired) electrons. The van der Waals surface area contributed by atoms with Crippen molar-refractivity contribution in [2.45, 2.75) is 38.1 Å². The summed E-state index contributed by atoms with van der Waals surface area (Å²) in [5.74, 6) is 2.34. The Labute approximate surface area is 154 Å². The van der Waals surface area contributed by atoms with Gasteiger partial charge in [-0.1, -0.05) is 18.6 Å². The minimum Gasteiger partial charge on any atom is -0.439 e. The molecule has 2 saturated carbocycles. The van der Waals surface area contributed by atoms with Crippen molar-refractivity contribution in [3.8, 4) is 11.6 Å². The standard InChI is InChI=1S/C21H25N3O2/c22-20-14-5-3-6-15(20)12-16(11-14)21(25)24-17-7-4-8-18(13-17)26-19-9-1-2-10-23-19/h1-2,4,7-10,13-16,20H,3,5-6,11-12,22H2,(H,24,25). The maximum atomic E-state index is 12.8. The molecule has 2 aliphatic rings. The van der Waals surface area contributed by atoms with E-state index in [2.05, 4.69) is 10.3 Å². The Bertz CT molecular complexity index is 751. The number of carbonyl (C=O) groups excluding carboxylic acids is 1. The van der Waals surface area contributed by atoms with Crippen LogP contribution in [0.25, 0.3) is 0 Å². The number of nitrogens with zero attached hydrogens (tertiary/aromatic N) is 1. The van der Waals surface area contributed by atoms with Crippen molar-refractivity contribution >= 4 is 11.6 Å². The van der Waals surface area contributed by atoms with Crippen LogP contribution < -0.4 is 15.8 Å². The molecule has 5 heteroatoms. The molecule has 5 nitrogen and oxygen atoms in total. The number of rotatable bonds is 4. The number of hydrogen-bond acceptors (Lipinski definition) is 4. The van der Waals surface area contributed by atoms with Crippen LogP contribution in [0.4, 0.5) is 5.69 Å². The molecule has 2 atom stereocenters. The minimum absolute atomic E-state index is 0.0606. The number of fused-ring (bicyclic) bond motifs is 2. The van der Waals surface area contributed by atoms with Gasteiger partial charge < -0.3 is 15.8 Å². The zero-order valence-corrected chi connectivity index (χ0v) is 14.8. The van der Waals surface area contributed by atoms with Gasteiger partial charge in [-0.05, 0) is 55.7 Å². The lowest BCUT2D eigenvalue weighted by Gasteiger charge is -2.43. The molecule has 2 aromatic rings. The minimum atomic E-state index is 0.0606. The van der Waals surface area contributed by atoms with E-state index in [4.69, 9.17) is 10.5 Å². The summed E-state index contributed by atoms with van der Waals surface area (Å²) in [5.41, 5.74) is 7.09. The van der Waals surface area contributed by atoms with E-state index >= 15 is 0 Å². The molecule has 26 heavy (non-hydrogen) atoms. The van der Waals surface area contributed by atoms with Crippen LogP contribution >= 0.6 is 0 Å². The van der Waals surface area contributed by atoms with Gasteiger partial charge in [-0.15, -0.1) is 0 Å². The van der Waals surface area contributed by atoms with Crippen LogP contribution in [0.1, 0.15) is 32.1 Å². The van der Waals surface area contributed by atoms with Gasteiger partial charge in [0.05, 0.1) is 0 Å². The Morgan fingerprint density at radius 1 is 1.12 bits per heavy atom. The number of nitrogens with two attached hydrogens (primary N) is 1. The fraction of sp³-hybridized carbons (Fsp3) is 0.429. The Hall–Kier alpha value is -2.40. The number of amides is 1. The predicted molar refractivity (Wildman–Crippen MR) is 101 cm³/mol.